The number of hydrogen-bond donors (Lipinski definition) is 1. The van der Waals surface area contributed by atoms with Gasteiger partial charge < -0.3 is 10.2 Å². The minimum absolute atomic E-state index is 0.0549. The van der Waals surface area contributed by atoms with Crippen LogP contribution in [0.4, 0.5) is 5.69 Å². The van der Waals surface area contributed by atoms with E-state index in [0.717, 1.165) is 18.0 Å². The Labute approximate surface area is 130 Å². The van der Waals surface area contributed by atoms with Crippen LogP contribution in [0.15, 0.2) is 30.3 Å². The van der Waals surface area contributed by atoms with E-state index in [9.17, 15) is 9.59 Å². The number of benzene rings is 1. The van der Waals surface area contributed by atoms with Gasteiger partial charge in [-0.2, -0.15) is 0 Å². The Morgan fingerprint density at radius 2 is 1.95 bits per heavy atom. The van der Waals surface area contributed by atoms with Crippen molar-refractivity contribution < 1.29 is 9.59 Å². The van der Waals surface area contributed by atoms with Crippen molar-refractivity contribution in [1.82, 2.24) is 5.32 Å². The molecular formula is C18H22N2O2. The van der Waals surface area contributed by atoms with E-state index in [1.165, 1.54) is 19.3 Å². The van der Waals surface area contributed by atoms with Gasteiger partial charge in [0.25, 0.3) is 0 Å². The number of carbonyl (C=O) groups is 2. The van der Waals surface area contributed by atoms with Gasteiger partial charge in [0.2, 0.25) is 11.8 Å². The summed E-state index contributed by atoms with van der Waals surface area (Å²) >= 11 is 0. The first kappa shape index (κ1) is 13.8. The van der Waals surface area contributed by atoms with E-state index in [1.807, 2.05) is 30.3 Å². The van der Waals surface area contributed by atoms with E-state index in [1.54, 1.807) is 4.90 Å². The lowest BCUT2D eigenvalue weighted by Crippen LogP contribution is -2.42. The summed E-state index contributed by atoms with van der Waals surface area (Å²) in [5.74, 6) is 1.42. The van der Waals surface area contributed by atoms with Gasteiger partial charge in [0.1, 0.15) is 0 Å². The Kier molecular flexibility index (Phi) is 3.40. The Balaban J connectivity index is 1.39. The maximum atomic E-state index is 12.5. The van der Waals surface area contributed by atoms with Crippen molar-refractivity contribution >= 4 is 17.5 Å². The van der Waals surface area contributed by atoms with E-state index < -0.39 is 0 Å². The highest BCUT2D eigenvalue weighted by Crippen LogP contribution is 2.44. The number of hydrogen-bond acceptors (Lipinski definition) is 2. The molecule has 0 radical (unpaired) electrons. The highest BCUT2D eigenvalue weighted by molar-refractivity contribution is 6.00. The molecular weight excluding hydrogens is 276 g/mol. The number of fused-ring (bicyclic) bond motifs is 2. The molecule has 2 aliphatic carbocycles. The number of para-hydroxylation sites is 1. The van der Waals surface area contributed by atoms with Crippen LogP contribution >= 0.6 is 0 Å². The van der Waals surface area contributed by atoms with Gasteiger partial charge in [-0.05, 0) is 43.2 Å². The number of carbonyl (C=O) groups excluding carboxylic acids is 2. The normalized spacial score (nSPS) is 33.5. The molecule has 4 heteroatoms. The summed E-state index contributed by atoms with van der Waals surface area (Å²) in [7, 11) is 0. The highest BCUT2D eigenvalue weighted by atomic mass is 16.2. The molecule has 1 aromatic carbocycles. The fourth-order valence-electron chi connectivity index (χ4n) is 4.46. The van der Waals surface area contributed by atoms with Crippen LogP contribution in [0.3, 0.4) is 0 Å². The summed E-state index contributed by atoms with van der Waals surface area (Å²) in [6, 6.07) is 9.98. The molecule has 4 nitrogen and oxygen atoms in total. The first-order chi connectivity index (χ1) is 10.7. The molecule has 4 atom stereocenters. The van der Waals surface area contributed by atoms with Crippen LogP contribution in [-0.2, 0) is 9.59 Å². The smallest absolute Gasteiger partial charge is 0.227 e. The van der Waals surface area contributed by atoms with Crippen molar-refractivity contribution in [3.8, 4) is 0 Å². The molecule has 3 aliphatic rings. The highest BCUT2D eigenvalue weighted by Gasteiger charge is 2.42. The van der Waals surface area contributed by atoms with Crippen LogP contribution in [0.25, 0.3) is 0 Å². The average Bonchev–Trinajstić information content (AvgIpc) is 3.23. The summed E-state index contributed by atoms with van der Waals surface area (Å²) in [4.78, 5) is 26.5. The maximum absolute atomic E-state index is 12.5. The number of amides is 2. The van der Waals surface area contributed by atoms with Gasteiger partial charge in [0.05, 0.1) is 5.92 Å². The standard InChI is InChI=1S/C18H22N2O2/c21-17-10-14(11-20(17)15-4-2-1-3-5-15)18(22)19-16-9-12-6-7-13(16)8-12/h1-5,12-14,16H,6-11H2,(H,19,22)/t12-,13-,14+,16+/m0/s1. The molecule has 1 saturated heterocycles. The maximum Gasteiger partial charge on any atom is 0.227 e. The third-order valence-corrected chi connectivity index (χ3v) is 5.63. The molecule has 22 heavy (non-hydrogen) atoms. The van der Waals surface area contributed by atoms with Crippen molar-refractivity contribution in [2.24, 2.45) is 17.8 Å². The summed E-state index contributed by atoms with van der Waals surface area (Å²) in [6.45, 7) is 0.509. The zero-order valence-electron chi connectivity index (χ0n) is 12.7. The lowest BCUT2D eigenvalue weighted by atomic mass is 9.94. The van der Waals surface area contributed by atoms with E-state index in [4.69, 9.17) is 0 Å². The minimum atomic E-state index is -0.202. The third kappa shape index (κ3) is 2.40. The second-order valence-corrected chi connectivity index (χ2v) is 7.03. The predicted octanol–water partition coefficient (Wildman–Crippen LogP) is 2.34. The fraction of sp³-hybridized carbons (Fsp3) is 0.556. The lowest BCUT2D eigenvalue weighted by molar-refractivity contribution is -0.127. The zero-order valence-corrected chi connectivity index (χ0v) is 12.7. The van der Waals surface area contributed by atoms with Crippen molar-refractivity contribution in [3.05, 3.63) is 30.3 Å². The topological polar surface area (TPSA) is 49.4 Å². The Hall–Kier alpha value is -1.84. The van der Waals surface area contributed by atoms with Crippen LogP contribution in [0.1, 0.15) is 32.1 Å². The van der Waals surface area contributed by atoms with Crippen LogP contribution in [0.5, 0.6) is 0 Å². The molecule has 1 heterocycles. The second-order valence-electron chi connectivity index (χ2n) is 7.03. The largest absolute Gasteiger partial charge is 0.353 e. The molecule has 2 bridgehead atoms. The number of anilines is 1. The van der Waals surface area contributed by atoms with Gasteiger partial charge in [0, 0.05) is 24.7 Å². The molecule has 2 saturated carbocycles. The first-order valence-electron chi connectivity index (χ1n) is 8.36. The Morgan fingerprint density at radius 1 is 1.14 bits per heavy atom. The molecule has 1 N–H and O–H groups in total. The van der Waals surface area contributed by atoms with Crippen LogP contribution < -0.4 is 10.2 Å². The summed E-state index contributed by atoms with van der Waals surface area (Å²) < 4.78 is 0. The molecule has 4 rings (SSSR count). The van der Waals surface area contributed by atoms with Crippen molar-refractivity contribution in [2.45, 2.75) is 38.1 Å². The summed E-state index contributed by atoms with van der Waals surface area (Å²) in [5, 5.41) is 3.23. The second kappa shape index (κ2) is 5.41. The zero-order chi connectivity index (χ0) is 15.1. The number of nitrogens with one attached hydrogen (secondary N) is 1. The third-order valence-electron chi connectivity index (χ3n) is 5.63. The van der Waals surface area contributed by atoms with Gasteiger partial charge in [-0.3, -0.25) is 9.59 Å². The molecule has 1 aliphatic heterocycles. The van der Waals surface area contributed by atoms with Gasteiger partial charge in [-0.1, -0.05) is 24.6 Å². The fourth-order valence-corrected chi connectivity index (χ4v) is 4.46. The van der Waals surface area contributed by atoms with Crippen LogP contribution in [-0.4, -0.2) is 24.4 Å². The molecule has 116 valence electrons. The first-order valence-corrected chi connectivity index (χ1v) is 8.36. The van der Waals surface area contributed by atoms with Gasteiger partial charge in [0.15, 0.2) is 0 Å². The molecule has 0 spiro atoms. The summed E-state index contributed by atoms with van der Waals surface area (Å²) in [6.07, 6.45) is 5.35. The molecule has 3 fully saturated rings. The van der Waals surface area contributed by atoms with E-state index >= 15 is 0 Å². The predicted molar refractivity (Wildman–Crippen MR) is 84.3 cm³/mol. The van der Waals surface area contributed by atoms with Gasteiger partial charge >= 0.3 is 0 Å². The minimum Gasteiger partial charge on any atom is -0.353 e. The van der Waals surface area contributed by atoms with E-state index in [2.05, 4.69) is 5.32 Å². The van der Waals surface area contributed by atoms with Crippen molar-refractivity contribution in [3.63, 3.8) is 0 Å². The van der Waals surface area contributed by atoms with Crippen molar-refractivity contribution in [1.29, 1.82) is 0 Å². The molecule has 1 aromatic rings. The Morgan fingerprint density at radius 3 is 2.64 bits per heavy atom. The van der Waals surface area contributed by atoms with E-state index in [-0.39, 0.29) is 17.7 Å². The number of nitrogens with zero attached hydrogens (tertiary/aromatic N) is 1. The monoisotopic (exact) mass is 298 g/mol. The number of rotatable bonds is 3. The van der Waals surface area contributed by atoms with Gasteiger partial charge in [-0.25, -0.2) is 0 Å². The van der Waals surface area contributed by atoms with Crippen molar-refractivity contribution in [2.75, 3.05) is 11.4 Å². The van der Waals surface area contributed by atoms with Crippen LogP contribution in [0, 0.1) is 17.8 Å². The quantitative estimate of drug-likeness (QED) is 0.931. The molecule has 0 aromatic heterocycles. The van der Waals surface area contributed by atoms with Crippen LogP contribution in [0.2, 0.25) is 0 Å². The SMILES string of the molecule is O=C(N[C@@H]1C[C@H]2CC[C@H]1C2)[C@@H]1CC(=O)N(c2ccccc2)C1. The average molecular weight is 298 g/mol. The lowest BCUT2D eigenvalue weighted by Gasteiger charge is -2.24. The Bertz CT molecular complexity index is 586. The summed E-state index contributed by atoms with van der Waals surface area (Å²) in [5.41, 5.74) is 0.891. The van der Waals surface area contributed by atoms with E-state index in [0.29, 0.717) is 24.9 Å². The molecule has 2 amide bonds. The molecule has 0 unspecified atom stereocenters. The van der Waals surface area contributed by atoms with Gasteiger partial charge in [-0.15, -0.1) is 0 Å².